The van der Waals surface area contributed by atoms with Crippen molar-refractivity contribution in [1.29, 1.82) is 0 Å². The molecule has 1 saturated carbocycles. The third-order valence-electron chi connectivity index (χ3n) is 2.90. The van der Waals surface area contributed by atoms with Gasteiger partial charge in [-0.05, 0) is 31.7 Å². The zero-order valence-corrected chi connectivity index (χ0v) is 10.6. The van der Waals surface area contributed by atoms with Gasteiger partial charge < -0.3 is 15.8 Å². The van der Waals surface area contributed by atoms with Crippen molar-refractivity contribution in [3.63, 3.8) is 0 Å². The predicted octanol–water partition coefficient (Wildman–Crippen LogP) is 1.13. The molecule has 1 amide bonds. The molecular formula is C13H19N3O2. The van der Waals surface area contributed by atoms with Crippen molar-refractivity contribution in [1.82, 2.24) is 10.3 Å². The van der Waals surface area contributed by atoms with E-state index >= 15 is 0 Å². The second-order valence-corrected chi connectivity index (χ2v) is 4.69. The Morgan fingerprint density at radius 2 is 2.39 bits per heavy atom. The molecule has 0 spiro atoms. The van der Waals surface area contributed by atoms with E-state index in [0.717, 1.165) is 18.2 Å². The highest BCUT2D eigenvalue weighted by molar-refractivity contribution is 5.98. The van der Waals surface area contributed by atoms with Gasteiger partial charge in [0.2, 0.25) is 0 Å². The van der Waals surface area contributed by atoms with Gasteiger partial charge in [0.15, 0.2) is 0 Å². The minimum absolute atomic E-state index is 0.199. The number of rotatable bonds is 6. The number of hydrogen-bond donors (Lipinski definition) is 2. The topological polar surface area (TPSA) is 77.2 Å². The van der Waals surface area contributed by atoms with Crippen LogP contribution >= 0.6 is 0 Å². The molecule has 0 unspecified atom stereocenters. The van der Waals surface area contributed by atoms with Crippen molar-refractivity contribution in [2.45, 2.75) is 19.8 Å². The third kappa shape index (κ3) is 3.70. The van der Waals surface area contributed by atoms with Crippen LogP contribution in [0.2, 0.25) is 0 Å². The number of pyridine rings is 1. The summed E-state index contributed by atoms with van der Waals surface area (Å²) in [5, 5.41) is 2.77. The molecule has 98 valence electrons. The van der Waals surface area contributed by atoms with Gasteiger partial charge in [0.05, 0.1) is 12.2 Å². The molecule has 0 aromatic carbocycles. The lowest BCUT2D eigenvalue weighted by molar-refractivity contribution is 0.0907. The summed E-state index contributed by atoms with van der Waals surface area (Å²) in [5.41, 5.74) is 7.45. The number of anilines is 1. The number of nitrogen functional groups attached to an aromatic ring is 1. The van der Waals surface area contributed by atoms with Crippen LogP contribution in [0.3, 0.4) is 0 Å². The van der Waals surface area contributed by atoms with Crippen LogP contribution in [0.4, 0.5) is 5.69 Å². The number of carbonyl (C=O) groups excluding carboxylic acids is 1. The first-order valence-electron chi connectivity index (χ1n) is 6.25. The lowest BCUT2D eigenvalue weighted by atomic mass is 10.2. The SMILES string of the molecule is Cc1cc(N)c(C(=O)NCCOCC2CC2)cn1. The monoisotopic (exact) mass is 249 g/mol. The van der Waals surface area contributed by atoms with Crippen molar-refractivity contribution in [2.75, 3.05) is 25.5 Å². The van der Waals surface area contributed by atoms with Crippen molar-refractivity contribution in [2.24, 2.45) is 5.92 Å². The van der Waals surface area contributed by atoms with E-state index in [0.29, 0.717) is 24.4 Å². The van der Waals surface area contributed by atoms with E-state index in [-0.39, 0.29) is 5.91 Å². The Labute approximate surface area is 107 Å². The first-order chi connectivity index (χ1) is 8.66. The quantitative estimate of drug-likeness (QED) is 0.741. The van der Waals surface area contributed by atoms with Gasteiger partial charge in [0.1, 0.15) is 0 Å². The van der Waals surface area contributed by atoms with E-state index in [9.17, 15) is 4.79 Å². The Bertz CT molecular complexity index is 430. The van der Waals surface area contributed by atoms with E-state index in [1.807, 2.05) is 6.92 Å². The zero-order chi connectivity index (χ0) is 13.0. The van der Waals surface area contributed by atoms with Crippen molar-refractivity contribution in [3.8, 4) is 0 Å². The predicted molar refractivity (Wildman–Crippen MR) is 69.3 cm³/mol. The number of carbonyl (C=O) groups is 1. The molecule has 1 fully saturated rings. The lowest BCUT2D eigenvalue weighted by Crippen LogP contribution is -2.28. The van der Waals surface area contributed by atoms with Crippen LogP contribution in [0.15, 0.2) is 12.3 Å². The second-order valence-electron chi connectivity index (χ2n) is 4.69. The molecule has 0 atom stereocenters. The molecule has 1 aliphatic carbocycles. The number of nitrogens with zero attached hydrogens (tertiary/aromatic N) is 1. The summed E-state index contributed by atoms with van der Waals surface area (Å²) < 4.78 is 5.43. The average Bonchev–Trinajstić information content (AvgIpc) is 3.12. The summed E-state index contributed by atoms with van der Waals surface area (Å²) in [6.07, 6.45) is 4.06. The van der Waals surface area contributed by atoms with Gasteiger partial charge >= 0.3 is 0 Å². The molecule has 5 heteroatoms. The number of aryl methyl sites for hydroxylation is 1. The molecule has 3 N–H and O–H groups in total. The molecule has 5 nitrogen and oxygen atoms in total. The van der Waals surface area contributed by atoms with Crippen LogP contribution in [0.1, 0.15) is 28.9 Å². The highest BCUT2D eigenvalue weighted by atomic mass is 16.5. The number of nitrogens with two attached hydrogens (primary N) is 1. The van der Waals surface area contributed by atoms with Gasteiger partial charge in [-0.2, -0.15) is 0 Å². The van der Waals surface area contributed by atoms with E-state index in [1.165, 1.54) is 19.0 Å². The minimum Gasteiger partial charge on any atom is -0.398 e. The number of nitrogens with one attached hydrogen (secondary N) is 1. The normalized spacial score (nSPS) is 14.5. The Hall–Kier alpha value is -1.62. The van der Waals surface area contributed by atoms with Crippen molar-refractivity contribution >= 4 is 11.6 Å². The third-order valence-corrected chi connectivity index (χ3v) is 2.90. The summed E-state index contributed by atoms with van der Waals surface area (Å²) in [4.78, 5) is 15.9. The number of ether oxygens (including phenoxy) is 1. The molecule has 1 heterocycles. The van der Waals surface area contributed by atoms with Crippen LogP contribution in [0, 0.1) is 12.8 Å². The Morgan fingerprint density at radius 3 is 3.06 bits per heavy atom. The van der Waals surface area contributed by atoms with E-state index in [2.05, 4.69) is 10.3 Å². The average molecular weight is 249 g/mol. The van der Waals surface area contributed by atoms with Crippen LogP contribution in [-0.2, 0) is 4.74 Å². The molecule has 1 aliphatic rings. The molecule has 2 rings (SSSR count). The van der Waals surface area contributed by atoms with Gasteiger partial charge in [0.25, 0.3) is 5.91 Å². The highest BCUT2D eigenvalue weighted by Gasteiger charge is 2.20. The van der Waals surface area contributed by atoms with Crippen molar-refractivity contribution < 1.29 is 9.53 Å². The molecule has 18 heavy (non-hydrogen) atoms. The lowest BCUT2D eigenvalue weighted by Gasteiger charge is -2.08. The Morgan fingerprint density at radius 1 is 1.61 bits per heavy atom. The number of amides is 1. The molecule has 0 saturated heterocycles. The van der Waals surface area contributed by atoms with Crippen LogP contribution < -0.4 is 11.1 Å². The molecule has 1 aromatic rings. The largest absolute Gasteiger partial charge is 0.398 e. The van der Waals surface area contributed by atoms with Gasteiger partial charge in [0, 0.05) is 30.7 Å². The van der Waals surface area contributed by atoms with Crippen LogP contribution in [0.25, 0.3) is 0 Å². The van der Waals surface area contributed by atoms with Gasteiger partial charge in [-0.1, -0.05) is 0 Å². The minimum atomic E-state index is -0.199. The summed E-state index contributed by atoms with van der Waals surface area (Å²) in [5.74, 6) is 0.549. The first-order valence-corrected chi connectivity index (χ1v) is 6.25. The Balaban J connectivity index is 1.72. The highest BCUT2D eigenvalue weighted by Crippen LogP contribution is 2.28. The van der Waals surface area contributed by atoms with Crippen LogP contribution in [-0.4, -0.2) is 30.6 Å². The maximum Gasteiger partial charge on any atom is 0.255 e. The van der Waals surface area contributed by atoms with Gasteiger partial charge in [-0.25, -0.2) is 0 Å². The smallest absolute Gasteiger partial charge is 0.255 e. The summed E-state index contributed by atoms with van der Waals surface area (Å²) in [7, 11) is 0. The van der Waals surface area contributed by atoms with Gasteiger partial charge in [-0.3, -0.25) is 9.78 Å². The zero-order valence-electron chi connectivity index (χ0n) is 10.6. The Kier molecular flexibility index (Phi) is 4.15. The van der Waals surface area contributed by atoms with Crippen LogP contribution in [0.5, 0.6) is 0 Å². The fourth-order valence-corrected chi connectivity index (χ4v) is 1.64. The maximum atomic E-state index is 11.8. The molecular weight excluding hydrogens is 230 g/mol. The molecule has 1 aromatic heterocycles. The summed E-state index contributed by atoms with van der Waals surface area (Å²) >= 11 is 0. The standard InChI is InChI=1S/C13H19N3O2/c1-9-6-12(14)11(7-16-9)13(17)15-4-5-18-8-10-2-3-10/h6-7,10H,2-5,8H2,1H3,(H2,14,16)(H,15,17). The second kappa shape index (κ2) is 5.82. The van der Waals surface area contributed by atoms with Crippen molar-refractivity contribution in [3.05, 3.63) is 23.5 Å². The fourth-order valence-electron chi connectivity index (χ4n) is 1.64. The summed E-state index contributed by atoms with van der Waals surface area (Å²) in [6.45, 7) is 3.69. The number of aromatic nitrogens is 1. The molecule has 0 bridgehead atoms. The van der Waals surface area contributed by atoms with E-state index < -0.39 is 0 Å². The van der Waals surface area contributed by atoms with E-state index in [1.54, 1.807) is 6.07 Å². The maximum absolute atomic E-state index is 11.8. The first kappa shape index (κ1) is 12.8. The van der Waals surface area contributed by atoms with E-state index in [4.69, 9.17) is 10.5 Å². The fraction of sp³-hybridized carbons (Fsp3) is 0.538. The summed E-state index contributed by atoms with van der Waals surface area (Å²) in [6, 6.07) is 1.69. The number of hydrogen-bond acceptors (Lipinski definition) is 4. The molecule has 0 radical (unpaired) electrons. The molecule has 0 aliphatic heterocycles. The van der Waals surface area contributed by atoms with Gasteiger partial charge in [-0.15, -0.1) is 0 Å².